The van der Waals surface area contributed by atoms with E-state index in [-0.39, 0.29) is 6.03 Å². The van der Waals surface area contributed by atoms with Crippen molar-refractivity contribution in [2.24, 2.45) is 0 Å². The van der Waals surface area contributed by atoms with Crippen LogP contribution in [-0.4, -0.2) is 47.2 Å². The zero-order valence-corrected chi connectivity index (χ0v) is 19.9. The number of piperazine rings is 1. The second-order valence-corrected chi connectivity index (χ2v) is 9.78. The number of urea groups is 1. The van der Waals surface area contributed by atoms with Crippen molar-refractivity contribution in [1.82, 2.24) is 9.88 Å². The number of nitrogens with one attached hydrogen (secondary N) is 1. The maximum absolute atomic E-state index is 12.7. The van der Waals surface area contributed by atoms with Crippen LogP contribution in [0.2, 0.25) is 0 Å². The fourth-order valence-electron chi connectivity index (χ4n) is 4.96. The van der Waals surface area contributed by atoms with E-state index in [1.54, 1.807) is 10.3 Å². The minimum atomic E-state index is -0.798. The normalized spacial score (nSPS) is 17.4. The minimum absolute atomic E-state index is 0.164. The maximum atomic E-state index is 12.7. The van der Waals surface area contributed by atoms with Gasteiger partial charge in [0.25, 0.3) is 0 Å². The van der Waals surface area contributed by atoms with Crippen LogP contribution in [0.1, 0.15) is 36.3 Å². The van der Waals surface area contributed by atoms with Gasteiger partial charge in [0.15, 0.2) is 5.01 Å². The fraction of sp³-hybridized carbons (Fsp3) is 0.333. The summed E-state index contributed by atoms with van der Waals surface area (Å²) >= 11 is 1.34. The molecule has 6 nitrogen and oxygen atoms in total. The van der Waals surface area contributed by atoms with Crippen LogP contribution in [0.3, 0.4) is 0 Å². The molecule has 1 aliphatic heterocycles. The number of rotatable bonds is 4. The second-order valence-electron chi connectivity index (χ2n) is 8.92. The summed E-state index contributed by atoms with van der Waals surface area (Å²) in [5.74, 6) is 2.98. The van der Waals surface area contributed by atoms with E-state index in [1.807, 2.05) is 18.2 Å². The predicted molar refractivity (Wildman–Crippen MR) is 137 cm³/mol. The van der Waals surface area contributed by atoms with Crippen LogP contribution in [0.15, 0.2) is 53.9 Å². The summed E-state index contributed by atoms with van der Waals surface area (Å²) in [6.45, 7) is 2.59. The summed E-state index contributed by atoms with van der Waals surface area (Å²) < 4.78 is 0. The van der Waals surface area contributed by atoms with Gasteiger partial charge < -0.3 is 14.9 Å². The summed E-state index contributed by atoms with van der Waals surface area (Å²) in [7, 11) is 0. The van der Waals surface area contributed by atoms with E-state index in [4.69, 9.17) is 6.42 Å². The van der Waals surface area contributed by atoms with Crippen LogP contribution < -0.4 is 10.2 Å². The molecule has 0 bridgehead atoms. The molecule has 174 valence electrons. The van der Waals surface area contributed by atoms with Gasteiger partial charge in [-0.25, -0.2) is 9.78 Å². The molecule has 3 aromatic rings. The van der Waals surface area contributed by atoms with Gasteiger partial charge in [-0.2, -0.15) is 0 Å². The Balaban J connectivity index is 1.33. The Morgan fingerprint density at radius 1 is 1.06 bits per heavy atom. The SMILES string of the molecule is C#Cc1nc(NC(=O)N2CCN(c3ccc(-c4ccccc4)cc3C3(O)CCCC3)CC2)cs1. The number of hydrogen-bond acceptors (Lipinski definition) is 5. The number of anilines is 2. The van der Waals surface area contributed by atoms with Crippen LogP contribution in [0.4, 0.5) is 16.3 Å². The number of benzene rings is 2. The van der Waals surface area contributed by atoms with E-state index in [2.05, 4.69) is 51.5 Å². The largest absolute Gasteiger partial charge is 0.385 e. The highest BCUT2D eigenvalue weighted by Gasteiger charge is 2.37. The number of carbonyl (C=O) groups excluding carboxylic acids is 1. The Morgan fingerprint density at radius 2 is 1.79 bits per heavy atom. The first-order valence-electron chi connectivity index (χ1n) is 11.7. The molecule has 1 aromatic heterocycles. The van der Waals surface area contributed by atoms with Crippen molar-refractivity contribution in [3.8, 4) is 23.5 Å². The van der Waals surface area contributed by atoms with E-state index >= 15 is 0 Å². The number of thiazole rings is 1. The molecule has 0 radical (unpaired) electrons. The monoisotopic (exact) mass is 472 g/mol. The van der Waals surface area contributed by atoms with Crippen LogP contribution in [0.25, 0.3) is 11.1 Å². The first-order valence-corrected chi connectivity index (χ1v) is 12.6. The molecule has 1 saturated carbocycles. The zero-order valence-electron chi connectivity index (χ0n) is 19.0. The highest BCUT2D eigenvalue weighted by Crippen LogP contribution is 2.44. The highest BCUT2D eigenvalue weighted by atomic mass is 32.1. The molecule has 1 saturated heterocycles. The molecule has 5 rings (SSSR count). The van der Waals surface area contributed by atoms with Crippen molar-refractivity contribution in [2.45, 2.75) is 31.3 Å². The molecule has 2 heterocycles. The third-order valence-electron chi connectivity index (χ3n) is 6.81. The van der Waals surface area contributed by atoms with Crippen LogP contribution in [0, 0.1) is 12.3 Å². The lowest BCUT2D eigenvalue weighted by molar-refractivity contribution is 0.0448. The summed E-state index contributed by atoms with van der Waals surface area (Å²) in [6.07, 6.45) is 9.02. The molecule has 0 spiro atoms. The minimum Gasteiger partial charge on any atom is -0.385 e. The van der Waals surface area contributed by atoms with Gasteiger partial charge in [-0.1, -0.05) is 49.2 Å². The van der Waals surface area contributed by atoms with E-state index < -0.39 is 5.60 Å². The average Bonchev–Trinajstić information content (AvgIpc) is 3.54. The Hall–Kier alpha value is -3.34. The number of aromatic nitrogens is 1. The van der Waals surface area contributed by atoms with E-state index in [0.717, 1.165) is 48.1 Å². The lowest BCUT2D eigenvalue weighted by Crippen LogP contribution is -2.50. The molecule has 2 aliphatic rings. The van der Waals surface area contributed by atoms with Gasteiger partial charge in [-0.15, -0.1) is 17.8 Å². The van der Waals surface area contributed by atoms with Gasteiger partial charge in [-0.05, 0) is 42.0 Å². The first-order chi connectivity index (χ1) is 16.6. The average molecular weight is 473 g/mol. The molecule has 1 aliphatic carbocycles. The number of nitrogens with zero attached hydrogens (tertiary/aromatic N) is 3. The molecule has 2 N–H and O–H groups in total. The van der Waals surface area contributed by atoms with Crippen molar-refractivity contribution < 1.29 is 9.90 Å². The standard InChI is InChI=1S/C27H28N4O2S/c1-2-25-28-24(19-34-25)29-26(32)31-16-14-30(15-17-31)23-11-10-21(20-8-4-3-5-9-20)18-22(23)27(33)12-6-7-13-27/h1,3-5,8-11,18-19,33H,6-7,12-17H2,(H,29,32). The second kappa shape index (κ2) is 9.49. The van der Waals surface area contributed by atoms with Gasteiger partial charge in [0, 0.05) is 42.8 Å². The number of terminal acetylenes is 1. The summed E-state index contributed by atoms with van der Waals surface area (Å²) in [5, 5.41) is 16.7. The van der Waals surface area contributed by atoms with E-state index in [1.165, 1.54) is 11.3 Å². The quantitative estimate of drug-likeness (QED) is 0.530. The molecule has 7 heteroatoms. The Labute approximate surface area is 204 Å². The van der Waals surface area contributed by atoms with Gasteiger partial charge in [0.2, 0.25) is 0 Å². The van der Waals surface area contributed by atoms with Gasteiger partial charge >= 0.3 is 6.03 Å². The summed E-state index contributed by atoms with van der Waals surface area (Å²) in [5.41, 5.74) is 3.55. The fourth-order valence-corrected chi connectivity index (χ4v) is 5.51. The lowest BCUT2D eigenvalue weighted by atomic mass is 9.87. The molecule has 2 amide bonds. The summed E-state index contributed by atoms with van der Waals surface area (Å²) in [4.78, 5) is 21.0. The third kappa shape index (κ3) is 4.52. The number of aliphatic hydroxyl groups is 1. The Morgan fingerprint density at radius 3 is 2.47 bits per heavy atom. The molecule has 2 aromatic carbocycles. The van der Waals surface area contributed by atoms with Crippen molar-refractivity contribution >= 4 is 28.9 Å². The highest BCUT2D eigenvalue weighted by molar-refractivity contribution is 7.10. The van der Waals surface area contributed by atoms with E-state index in [0.29, 0.717) is 37.0 Å². The smallest absolute Gasteiger partial charge is 0.323 e. The Bertz CT molecular complexity index is 1200. The zero-order chi connectivity index (χ0) is 23.5. The number of hydrogen-bond donors (Lipinski definition) is 2. The van der Waals surface area contributed by atoms with Gasteiger partial charge in [0.1, 0.15) is 5.82 Å². The van der Waals surface area contributed by atoms with Crippen molar-refractivity contribution in [3.05, 3.63) is 64.5 Å². The van der Waals surface area contributed by atoms with Gasteiger partial charge in [-0.3, -0.25) is 5.32 Å². The number of carbonyl (C=O) groups is 1. The lowest BCUT2D eigenvalue weighted by Gasteiger charge is -2.39. The van der Waals surface area contributed by atoms with Crippen LogP contribution in [0.5, 0.6) is 0 Å². The van der Waals surface area contributed by atoms with Crippen LogP contribution >= 0.6 is 11.3 Å². The van der Waals surface area contributed by atoms with Crippen LogP contribution in [-0.2, 0) is 5.60 Å². The molecule has 0 atom stereocenters. The Kier molecular flexibility index (Phi) is 6.27. The van der Waals surface area contributed by atoms with Crippen molar-refractivity contribution in [2.75, 3.05) is 36.4 Å². The van der Waals surface area contributed by atoms with Gasteiger partial charge in [0.05, 0.1) is 5.60 Å². The molecule has 0 unspecified atom stereocenters. The first kappa shape index (κ1) is 22.5. The third-order valence-corrected chi connectivity index (χ3v) is 7.58. The topological polar surface area (TPSA) is 68.7 Å². The molecular weight excluding hydrogens is 444 g/mol. The molecule has 2 fully saturated rings. The molecular formula is C27H28N4O2S. The maximum Gasteiger partial charge on any atom is 0.323 e. The number of amides is 2. The van der Waals surface area contributed by atoms with Crippen molar-refractivity contribution in [3.63, 3.8) is 0 Å². The predicted octanol–water partition coefficient (Wildman–Crippen LogP) is 4.91. The van der Waals surface area contributed by atoms with E-state index in [9.17, 15) is 9.90 Å². The van der Waals surface area contributed by atoms with Crippen molar-refractivity contribution in [1.29, 1.82) is 0 Å². The summed E-state index contributed by atoms with van der Waals surface area (Å²) in [6, 6.07) is 16.6. The molecule has 34 heavy (non-hydrogen) atoms.